The van der Waals surface area contributed by atoms with Gasteiger partial charge >= 0.3 is 0 Å². The first-order valence-corrected chi connectivity index (χ1v) is 7.80. The first-order valence-electron chi connectivity index (χ1n) is 7.80. The summed E-state index contributed by atoms with van der Waals surface area (Å²) in [6.45, 7) is 10.5. The van der Waals surface area contributed by atoms with E-state index in [-0.39, 0.29) is 0 Å². The van der Waals surface area contributed by atoms with Gasteiger partial charge in [-0.2, -0.15) is 0 Å². The molecule has 1 aliphatic rings. The highest BCUT2D eigenvalue weighted by Gasteiger charge is 2.25. The van der Waals surface area contributed by atoms with Gasteiger partial charge in [0.1, 0.15) is 0 Å². The van der Waals surface area contributed by atoms with Crippen molar-refractivity contribution in [3.05, 3.63) is 0 Å². The summed E-state index contributed by atoms with van der Waals surface area (Å²) < 4.78 is 0. The zero-order valence-electron chi connectivity index (χ0n) is 12.2. The lowest BCUT2D eigenvalue weighted by Gasteiger charge is -2.38. The van der Waals surface area contributed by atoms with E-state index < -0.39 is 0 Å². The van der Waals surface area contributed by atoms with Crippen molar-refractivity contribution >= 4 is 0 Å². The molecule has 2 nitrogen and oxygen atoms in total. The molecular weight excluding hydrogens is 208 g/mol. The van der Waals surface area contributed by atoms with Crippen molar-refractivity contribution in [2.75, 3.05) is 19.6 Å². The van der Waals surface area contributed by atoms with Crippen molar-refractivity contribution < 1.29 is 0 Å². The van der Waals surface area contributed by atoms with Gasteiger partial charge in [-0.25, -0.2) is 0 Å². The summed E-state index contributed by atoms with van der Waals surface area (Å²) in [6, 6.07) is 1.51. The molecule has 0 aromatic carbocycles. The van der Waals surface area contributed by atoms with Gasteiger partial charge in [0.15, 0.2) is 0 Å². The Morgan fingerprint density at radius 3 is 2.18 bits per heavy atom. The zero-order valence-corrected chi connectivity index (χ0v) is 12.2. The summed E-state index contributed by atoms with van der Waals surface area (Å²) >= 11 is 0. The van der Waals surface area contributed by atoms with E-state index in [1.165, 1.54) is 64.6 Å². The maximum atomic E-state index is 3.80. The van der Waals surface area contributed by atoms with E-state index in [1.807, 2.05) is 0 Å². The van der Waals surface area contributed by atoms with Crippen LogP contribution in [0.15, 0.2) is 0 Å². The number of likely N-dealkylation sites (N-methyl/N-ethyl adjacent to an activating group) is 1. The summed E-state index contributed by atoms with van der Waals surface area (Å²) in [5, 5.41) is 3.80. The molecule has 1 saturated carbocycles. The lowest BCUT2D eigenvalue weighted by atomic mass is 9.91. The van der Waals surface area contributed by atoms with Crippen LogP contribution in [0.2, 0.25) is 0 Å². The molecule has 1 rings (SSSR count). The minimum Gasteiger partial charge on any atom is -0.312 e. The van der Waals surface area contributed by atoms with Gasteiger partial charge in [0.2, 0.25) is 0 Å². The van der Waals surface area contributed by atoms with E-state index in [9.17, 15) is 0 Å². The molecule has 2 heteroatoms. The van der Waals surface area contributed by atoms with Crippen LogP contribution >= 0.6 is 0 Å². The standard InChI is InChI=1S/C15H32N2/c1-4-13-16-14-11-9-7-8-10-12-15(14)17(5-2)6-3/h14-16H,4-13H2,1-3H3. The fourth-order valence-electron chi connectivity index (χ4n) is 3.16. The molecule has 0 amide bonds. The molecule has 0 aliphatic heterocycles. The zero-order chi connectivity index (χ0) is 12.5. The monoisotopic (exact) mass is 240 g/mol. The largest absolute Gasteiger partial charge is 0.312 e. The molecule has 17 heavy (non-hydrogen) atoms. The van der Waals surface area contributed by atoms with Gasteiger partial charge in [-0.1, -0.05) is 46.5 Å². The molecule has 0 aromatic heterocycles. The second-order valence-electron chi connectivity index (χ2n) is 5.34. The molecule has 0 heterocycles. The van der Waals surface area contributed by atoms with Gasteiger partial charge in [0.05, 0.1) is 0 Å². The summed E-state index contributed by atoms with van der Waals surface area (Å²) in [5.74, 6) is 0. The number of nitrogens with zero attached hydrogens (tertiary/aromatic N) is 1. The molecule has 0 aromatic rings. The highest BCUT2D eigenvalue weighted by atomic mass is 15.2. The molecule has 1 aliphatic carbocycles. The first kappa shape index (κ1) is 15.0. The van der Waals surface area contributed by atoms with Crippen LogP contribution in [0, 0.1) is 0 Å². The molecule has 0 saturated heterocycles. The second-order valence-corrected chi connectivity index (χ2v) is 5.34. The van der Waals surface area contributed by atoms with E-state index in [1.54, 1.807) is 0 Å². The molecule has 0 bridgehead atoms. The highest BCUT2D eigenvalue weighted by molar-refractivity contribution is 4.85. The molecule has 0 spiro atoms. The van der Waals surface area contributed by atoms with Crippen LogP contribution in [0.1, 0.15) is 65.7 Å². The van der Waals surface area contributed by atoms with Gasteiger partial charge in [0.25, 0.3) is 0 Å². The Kier molecular flexibility index (Phi) is 7.87. The topological polar surface area (TPSA) is 15.3 Å². The van der Waals surface area contributed by atoms with Crippen molar-refractivity contribution in [2.24, 2.45) is 0 Å². The quantitative estimate of drug-likeness (QED) is 0.765. The van der Waals surface area contributed by atoms with Gasteiger partial charge in [-0.15, -0.1) is 0 Å². The van der Waals surface area contributed by atoms with Crippen LogP contribution in [0.25, 0.3) is 0 Å². The number of hydrogen-bond donors (Lipinski definition) is 1. The fraction of sp³-hybridized carbons (Fsp3) is 1.00. The smallest absolute Gasteiger partial charge is 0.0249 e. The van der Waals surface area contributed by atoms with Gasteiger partial charge in [-0.3, -0.25) is 4.90 Å². The van der Waals surface area contributed by atoms with Gasteiger partial charge < -0.3 is 5.32 Å². The number of hydrogen-bond acceptors (Lipinski definition) is 2. The maximum absolute atomic E-state index is 3.80. The third-order valence-corrected chi connectivity index (χ3v) is 4.17. The molecule has 1 fully saturated rings. The van der Waals surface area contributed by atoms with Crippen LogP contribution in [0.4, 0.5) is 0 Å². The molecule has 102 valence electrons. The van der Waals surface area contributed by atoms with E-state index in [0.717, 1.165) is 12.1 Å². The Morgan fingerprint density at radius 2 is 1.59 bits per heavy atom. The van der Waals surface area contributed by atoms with Crippen LogP contribution in [0.5, 0.6) is 0 Å². The Balaban J connectivity index is 2.60. The third kappa shape index (κ3) is 4.97. The van der Waals surface area contributed by atoms with E-state index in [2.05, 4.69) is 31.0 Å². The lowest BCUT2D eigenvalue weighted by molar-refractivity contribution is 0.146. The van der Waals surface area contributed by atoms with E-state index in [4.69, 9.17) is 0 Å². The minimum atomic E-state index is 0.732. The van der Waals surface area contributed by atoms with Crippen molar-refractivity contribution in [1.29, 1.82) is 0 Å². The average molecular weight is 240 g/mol. The van der Waals surface area contributed by atoms with Crippen LogP contribution in [-0.2, 0) is 0 Å². The van der Waals surface area contributed by atoms with Gasteiger partial charge in [0, 0.05) is 12.1 Å². The summed E-state index contributed by atoms with van der Waals surface area (Å²) in [6.07, 6.45) is 9.74. The van der Waals surface area contributed by atoms with Crippen molar-refractivity contribution in [3.63, 3.8) is 0 Å². The predicted molar refractivity (Wildman–Crippen MR) is 76.5 cm³/mol. The Bertz CT molecular complexity index is 176. The SMILES string of the molecule is CCCNC1CCCCCCC1N(CC)CC. The average Bonchev–Trinajstić information content (AvgIpc) is 2.32. The maximum Gasteiger partial charge on any atom is 0.0249 e. The molecule has 2 atom stereocenters. The first-order chi connectivity index (χ1) is 8.33. The normalized spacial score (nSPS) is 26.8. The van der Waals surface area contributed by atoms with E-state index >= 15 is 0 Å². The highest BCUT2D eigenvalue weighted by Crippen LogP contribution is 2.22. The summed E-state index contributed by atoms with van der Waals surface area (Å²) in [7, 11) is 0. The lowest BCUT2D eigenvalue weighted by Crippen LogP contribution is -2.50. The van der Waals surface area contributed by atoms with E-state index in [0.29, 0.717) is 0 Å². The van der Waals surface area contributed by atoms with Crippen LogP contribution in [-0.4, -0.2) is 36.6 Å². The Labute approximate surface area is 108 Å². The molecular formula is C15H32N2. The molecule has 0 radical (unpaired) electrons. The van der Waals surface area contributed by atoms with Crippen molar-refractivity contribution in [3.8, 4) is 0 Å². The Morgan fingerprint density at radius 1 is 0.941 bits per heavy atom. The van der Waals surface area contributed by atoms with Gasteiger partial charge in [-0.05, 0) is 38.9 Å². The molecule has 1 N–H and O–H groups in total. The number of nitrogens with one attached hydrogen (secondary N) is 1. The van der Waals surface area contributed by atoms with Crippen molar-refractivity contribution in [2.45, 2.75) is 77.8 Å². The van der Waals surface area contributed by atoms with Crippen molar-refractivity contribution in [1.82, 2.24) is 10.2 Å². The fourth-order valence-corrected chi connectivity index (χ4v) is 3.16. The van der Waals surface area contributed by atoms with Crippen LogP contribution < -0.4 is 5.32 Å². The third-order valence-electron chi connectivity index (χ3n) is 4.17. The van der Waals surface area contributed by atoms with Crippen LogP contribution in [0.3, 0.4) is 0 Å². The summed E-state index contributed by atoms with van der Waals surface area (Å²) in [5.41, 5.74) is 0. The second kappa shape index (κ2) is 8.93. The summed E-state index contributed by atoms with van der Waals surface area (Å²) in [4.78, 5) is 2.67. The number of rotatable bonds is 6. The Hall–Kier alpha value is -0.0800. The minimum absolute atomic E-state index is 0.732. The molecule has 2 unspecified atom stereocenters. The predicted octanol–water partition coefficient (Wildman–Crippen LogP) is 3.42.